The van der Waals surface area contributed by atoms with E-state index in [0.717, 1.165) is 10.8 Å². The maximum absolute atomic E-state index is 12.2. The van der Waals surface area contributed by atoms with Gasteiger partial charge >= 0.3 is 11.9 Å². The molecule has 0 unspecified atom stereocenters. The van der Waals surface area contributed by atoms with Gasteiger partial charge in [-0.15, -0.1) is 0 Å². The number of carbonyl (C=O) groups excluding carboxylic acids is 2. The first-order valence-electron chi connectivity index (χ1n) is 7.96. The van der Waals surface area contributed by atoms with Gasteiger partial charge in [0.25, 0.3) is 11.0 Å². The Morgan fingerprint density at radius 3 is 1.42 bits per heavy atom. The van der Waals surface area contributed by atoms with Gasteiger partial charge in [-0.05, 0) is 24.3 Å². The lowest BCUT2D eigenvalue weighted by molar-refractivity contribution is -0.855. The van der Waals surface area contributed by atoms with Gasteiger partial charge in [-0.25, -0.2) is 9.59 Å². The van der Waals surface area contributed by atoms with E-state index in [4.69, 9.17) is 9.68 Å². The summed E-state index contributed by atoms with van der Waals surface area (Å²) in [5.41, 5.74) is 1.32. The summed E-state index contributed by atoms with van der Waals surface area (Å²) >= 11 is 0. The van der Waals surface area contributed by atoms with E-state index in [2.05, 4.69) is 0 Å². The van der Waals surface area contributed by atoms with E-state index >= 15 is 0 Å². The number of hydrogen-bond donors (Lipinski definition) is 0. The Morgan fingerprint density at radius 2 is 0.962 bits per heavy atom. The predicted octanol–water partition coefficient (Wildman–Crippen LogP) is 1.18. The Balaban J connectivity index is 1.57. The molecule has 0 spiro atoms. The molecule has 4 aromatic rings. The molecule has 0 N–H and O–H groups in total. The number of nitrogens with zero attached hydrogens (tertiary/aromatic N) is 2. The Morgan fingerprint density at radius 1 is 0.577 bits per heavy atom. The summed E-state index contributed by atoms with van der Waals surface area (Å²) in [4.78, 5) is 34.7. The summed E-state index contributed by atoms with van der Waals surface area (Å²) in [5.74, 6) is -2.24. The fourth-order valence-electron chi connectivity index (χ4n) is 2.68. The van der Waals surface area contributed by atoms with Crippen LogP contribution in [0.4, 0.5) is 0 Å². The van der Waals surface area contributed by atoms with Crippen molar-refractivity contribution in [3.8, 4) is 0 Å². The van der Waals surface area contributed by atoms with Gasteiger partial charge in [-0.2, -0.15) is 9.68 Å². The largest absolute Gasteiger partial charge is 0.494 e. The summed E-state index contributed by atoms with van der Waals surface area (Å²) in [6.07, 6.45) is 3.11. The molecule has 2 aromatic heterocycles. The quantitative estimate of drug-likeness (QED) is 0.404. The van der Waals surface area contributed by atoms with Crippen LogP contribution in [0.15, 0.2) is 85.2 Å². The van der Waals surface area contributed by atoms with Crippen molar-refractivity contribution >= 4 is 33.7 Å². The number of fused-ring (bicyclic) bond motifs is 2. The molecule has 0 aliphatic carbocycles. The average molecular weight is 346 g/mol. The minimum absolute atomic E-state index is 0.661. The molecule has 6 nitrogen and oxygen atoms in total. The van der Waals surface area contributed by atoms with Gasteiger partial charge in [-0.1, -0.05) is 24.3 Å². The minimum atomic E-state index is -1.12. The Kier molecular flexibility index (Phi) is 3.99. The first-order chi connectivity index (χ1) is 12.7. The van der Waals surface area contributed by atoms with Crippen LogP contribution in [0.1, 0.15) is 0 Å². The third-order valence-corrected chi connectivity index (χ3v) is 3.87. The molecule has 0 saturated heterocycles. The molecule has 0 fully saturated rings. The molecule has 0 aliphatic heterocycles. The summed E-state index contributed by atoms with van der Waals surface area (Å²) in [7, 11) is 0. The van der Waals surface area contributed by atoms with Crippen molar-refractivity contribution in [1.82, 2.24) is 0 Å². The molecule has 0 amide bonds. The van der Waals surface area contributed by atoms with Crippen LogP contribution in [-0.2, 0) is 9.59 Å². The van der Waals surface area contributed by atoms with Crippen LogP contribution in [0, 0.1) is 0 Å². The normalized spacial score (nSPS) is 10.6. The second kappa shape index (κ2) is 6.60. The molecule has 0 aliphatic rings. The Bertz CT molecular complexity index is 1040. The van der Waals surface area contributed by atoms with Gasteiger partial charge in [0.1, 0.15) is 0 Å². The van der Waals surface area contributed by atoms with Crippen molar-refractivity contribution in [2.24, 2.45) is 0 Å². The monoisotopic (exact) mass is 346 g/mol. The molecule has 0 atom stereocenters. The number of carbonyl (C=O) groups is 2. The van der Waals surface area contributed by atoms with Crippen LogP contribution >= 0.6 is 0 Å². The average Bonchev–Trinajstić information content (AvgIpc) is 2.68. The van der Waals surface area contributed by atoms with E-state index in [1.54, 1.807) is 36.7 Å². The van der Waals surface area contributed by atoms with Gasteiger partial charge in [-0.3, -0.25) is 0 Å². The maximum Gasteiger partial charge on any atom is 0.494 e. The smallest absolute Gasteiger partial charge is 0.230 e. The van der Waals surface area contributed by atoms with Crippen molar-refractivity contribution in [2.45, 2.75) is 0 Å². The van der Waals surface area contributed by atoms with Crippen molar-refractivity contribution < 1.29 is 28.7 Å². The lowest BCUT2D eigenvalue weighted by Gasteiger charge is -1.99. The SMILES string of the molecule is O=C(O[n+]1cccc2ccccc21)C(=O)O[n+]1cccc2ccccc21. The van der Waals surface area contributed by atoms with Crippen LogP contribution in [0.2, 0.25) is 0 Å². The van der Waals surface area contributed by atoms with Crippen LogP contribution in [0.3, 0.4) is 0 Å². The number of pyridine rings is 2. The first-order valence-corrected chi connectivity index (χ1v) is 7.96. The summed E-state index contributed by atoms with van der Waals surface area (Å²) in [6.45, 7) is 0. The van der Waals surface area contributed by atoms with E-state index in [-0.39, 0.29) is 0 Å². The fourth-order valence-corrected chi connectivity index (χ4v) is 2.68. The fraction of sp³-hybridized carbons (Fsp3) is 0. The Labute approximate surface area is 148 Å². The van der Waals surface area contributed by atoms with E-state index in [9.17, 15) is 9.59 Å². The molecule has 26 heavy (non-hydrogen) atoms. The van der Waals surface area contributed by atoms with Gasteiger partial charge in [0.15, 0.2) is 0 Å². The van der Waals surface area contributed by atoms with Crippen molar-refractivity contribution in [1.29, 1.82) is 0 Å². The molecular weight excluding hydrogens is 332 g/mol. The standard InChI is InChI=1S/C20H14N2O4/c23-19(25-21-13-5-9-15-7-1-3-11-17(15)21)20(24)26-22-14-6-10-16-8-2-4-12-18(16)22/h1-14H/q+2. The Hall–Kier alpha value is -3.80. The van der Waals surface area contributed by atoms with E-state index in [1.165, 1.54) is 9.46 Å². The van der Waals surface area contributed by atoms with Gasteiger partial charge < -0.3 is 0 Å². The van der Waals surface area contributed by atoms with E-state index < -0.39 is 11.9 Å². The zero-order chi connectivity index (χ0) is 17.9. The number of benzene rings is 2. The topological polar surface area (TPSA) is 60.4 Å². The molecule has 2 aromatic carbocycles. The third kappa shape index (κ3) is 2.95. The molecule has 126 valence electrons. The summed E-state index contributed by atoms with van der Waals surface area (Å²) in [5, 5.41) is 1.75. The van der Waals surface area contributed by atoms with E-state index in [0.29, 0.717) is 11.0 Å². The molecule has 0 saturated carbocycles. The molecule has 6 heteroatoms. The molecule has 0 bridgehead atoms. The zero-order valence-corrected chi connectivity index (χ0v) is 13.6. The minimum Gasteiger partial charge on any atom is -0.230 e. The van der Waals surface area contributed by atoms with Gasteiger partial charge in [0, 0.05) is 33.7 Å². The lowest BCUT2D eigenvalue weighted by Crippen LogP contribution is -2.54. The molecular formula is C20H14N2O4+2. The predicted molar refractivity (Wildman–Crippen MR) is 91.5 cm³/mol. The summed E-state index contributed by atoms with van der Waals surface area (Å²) < 4.78 is 2.49. The summed E-state index contributed by atoms with van der Waals surface area (Å²) in [6, 6.07) is 21.9. The number of aromatic nitrogens is 2. The first kappa shape index (κ1) is 15.7. The third-order valence-electron chi connectivity index (χ3n) is 3.87. The second-order valence-corrected chi connectivity index (χ2v) is 5.54. The highest BCUT2D eigenvalue weighted by atomic mass is 16.7. The second-order valence-electron chi connectivity index (χ2n) is 5.54. The van der Waals surface area contributed by atoms with Crippen molar-refractivity contribution in [3.05, 3.63) is 85.2 Å². The van der Waals surface area contributed by atoms with Gasteiger partial charge in [0.2, 0.25) is 12.4 Å². The van der Waals surface area contributed by atoms with Crippen molar-refractivity contribution in [2.75, 3.05) is 0 Å². The van der Waals surface area contributed by atoms with Crippen molar-refractivity contribution in [3.63, 3.8) is 0 Å². The number of rotatable bonds is 2. The maximum atomic E-state index is 12.2. The van der Waals surface area contributed by atoms with Crippen LogP contribution < -0.4 is 19.1 Å². The highest BCUT2D eigenvalue weighted by Crippen LogP contribution is 2.08. The highest BCUT2D eigenvalue weighted by Gasteiger charge is 2.30. The van der Waals surface area contributed by atoms with Crippen LogP contribution in [0.25, 0.3) is 21.8 Å². The number of hydrogen-bond acceptors (Lipinski definition) is 4. The van der Waals surface area contributed by atoms with Gasteiger partial charge in [0.05, 0.1) is 10.8 Å². The van der Waals surface area contributed by atoms with Crippen LogP contribution in [-0.4, -0.2) is 11.9 Å². The molecule has 4 rings (SSSR count). The number of para-hydroxylation sites is 2. The highest BCUT2D eigenvalue weighted by molar-refractivity contribution is 6.29. The molecule has 0 radical (unpaired) electrons. The van der Waals surface area contributed by atoms with Crippen LogP contribution in [0.5, 0.6) is 0 Å². The zero-order valence-electron chi connectivity index (χ0n) is 13.6. The lowest BCUT2D eigenvalue weighted by atomic mass is 10.2. The molecule has 2 heterocycles. The van der Waals surface area contributed by atoms with E-state index in [1.807, 2.05) is 48.5 Å².